The Bertz CT molecular complexity index is 601. The predicted molar refractivity (Wildman–Crippen MR) is 66.5 cm³/mol. The number of rotatable bonds is 4. The summed E-state index contributed by atoms with van der Waals surface area (Å²) in [5.41, 5.74) is 1.21. The second-order valence-electron chi connectivity index (χ2n) is 3.75. The fraction of sp³-hybridized carbons (Fsp3) is 0.154. The Hall–Kier alpha value is -2.63. The van der Waals surface area contributed by atoms with E-state index in [-0.39, 0.29) is 11.5 Å². The highest BCUT2D eigenvalue weighted by Gasteiger charge is 2.09. The van der Waals surface area contributed by atoms with Crippen molar-refractivity contribution in [3.05, 3.63) is 47.8 Å². The quantitative estimate of drug-likeness (QED) is 0.847. The van der Waals surface area contributed by atoms with E-state index in [0.717, 1.165) is 0 Å². The van der Waals surface area contributed by atoms with Crippen LogP contribution in [0.25, 0.3) is 5.69 Å². The van der Waals surface area contributed by atoms with Crippen molar-refractivity contribution in [1.82, 2.24) is 9.78 Å². The van der Waals surface area contributed by atoms with E-state index in [9.17, 15) is 9.59 Å². The molecule has 0 aliphatic carbocycles. The molecule has 1 N–H and O–H groups in total. The molecule has 2 rings (SSSR count). The van der Waals surface area contributed by atoms with Gasteiger partial charge in [0.05, 0.1) is 29.6 Å². The number of hydrogen-bond donors (Lipinski definition) is 1. The van der Waals surface area contributed by atoms with Gasteiger partial charge in [0.2, 0.25) is 0 Å². The maximum Gasteiger partial charge on any atom is 0.338 e. The molecule has 98 valence electrons. The molecular weight excluding hydrogens is 248 g/mol. The largest absolute Gasteiger partial charge is 0.478 e. The first-order chi connectivity index (χ1) is 9.11. The number of aromatic carboxylic acids is 1. The fourth-order valence-corrected chi connectivity index (χ4v) is 1.54. The molecule has 0 aliphatic rings. The van der Waals surface area contributed by atoms with E-state index in [2.05, 4.69) is 5.10 Å². The smallest absolute Gasteiger partial charge is 0.338 e. The lowest BCUT2D eigenvalue weighted by molar-refractivity contribution is 0.0526. The summed E-state index contributed by atoms with van der Waals surface area (Å²) in [6, 6.07) is 6.56. The number of benzene rings is 1. The van der Waals surface area contributed by atoms with E-state index in [4.69, 9.17) is 9.84 Å². The van der Waals surface area contributed by atoms with Gasteiger partial charge in [-0.3, -0.25) is 0 Å². The van der Waals surface area contributed by atoms with E-state index in [1.807, 2.05) is 0 Å². The van der Waals surface area contributed by atoms with Gasteiger partial charge in [-0.15, -0.1) is 0 Å². The molecule has 6 nitrogen and oxygen atoms in total. The minimum absolute atomic E-state index is 0.106. The number of aromatic nitrogens is 2. The minimum Gasteiger partial charge on any atom is -0.478 e. The zero-order valence-corrected chi connectivity index (χ0v) is 10.2. The SMILES string of the molecule is CCOC(=O)c1ccc(-n2cc(C(=O)O)cn2)cc1. The van der Waals surface area contributed by atoms with Gasteiger partial charge in [-0.1, -0.05) is 0 Å². The van der Waals surface area contributed by atoms with Gasteiger partial charge >= 0.3 is 11.9 Å². The van der Waals surface area contributed by atoms with Crippen molar-refractivity contribution >= 4 is 11.9 Å². The van der Waals surface area contributed by atoms with Crippen LogP contribution in [0.2, 0.25) is 0 Å². The molecule has 0 saturated heterocycles. The molecule has 2 aromatic rings. The lowest BCUT2D eigenvalue weighted by Gasteiger charge is -2.04. The zero-order valence-electron chi connectivity index (χ0n) is 10.2. The summed E-state index contributed by atoms with van der Waals surface area (Å²) in [6.07, 6.45) is 2.67. The average molecular weight is 260 g/mol. The summed E-state index contributed by atoms with van der Waals surface area (Å²) in [5, 5.41) is 12.7. The van der Waals surface area contributed by atoms with Gasteiger partial charge < -0.3 is 9.84 Å². The Labute approximate surface area is 109 Å². The van der Waals surface area contributed by atoms with Crippen LogP contribution >= 0.6 is 0 Å². The minimum atomic E-state index is -1.03. The lowest BCUT2D eigenvalue weighted by atomic mass is 10.2. The van der Waals surface area contributed by atoms with E-state index in [1.54, 1.807) is 31.2 Å². The van der Waals surface area contributed by atoms with Crippen LogP contribution in [-0.4, -0.2) is 33.4 Å². The number of nitrogens with zero attached hydrogens (tertiary/aromatic N) is 2. The molecule has 1 heterocycles. The Morgan fingerprint density at radius 2 is 1.95 bits per heavy atom. The topological polar surface area (TPSA) is 81.4 Å². The first kappa shape index (κ1) is 12.8. The molecule has 0 spiro atoms. The fourth-order valence-electron chi connectivity index (χ4n) is 1.54. The monoisotopic (exact) mass is 260 g/mol. The van der Waals surface area contributed by atoms with Gasteiger partial charge in [-0.25, -0.2) is 14.3 Å². The average Bonchev–Trinajstić information content (AvgIpc) is 2.89. The van der Waals surface area contributed by atoms with Crippen LogP contribution in [0.5, 0.6) is 0 Å². The number of hydrogen-bond acceptors (Lipinski definition) is 4. The second-order valence-corrected chi connectivity index (χ2v) is 3.75. The lowest BCUT2D eigenvalue weighted by Crippen LogP contribution is -2.04. The summed E-state index contributed by atoms with van der Waals surface area (Å²) >= 11 is 0. The number of ether oxygens (including phenoxy) is 1. The van der Waals surface area contributed by atoms with Crippen LogP contribution < -0.4 is 0 Å². The standard InChI is InChI=1S/C13H12N2O4/c1-2-19-13(18)9-3-5-11(6-4-9)15-8-10(7-14-15)12(16)17/h3-8H,2H2,1H3,(H,16,17). The van der Waals surface area contributed by atoms with E-state index < -0.39 is 5.97 Å². The van der Waals surface area contributed by atoms with Gasteiger partial charge in [-0.05, 0) is 31.2 Å². The predicted octanol–water partition coefficient (Wildman–Crippen LogP) is 1.75. The first-order valence-electron chi connectivity index (χ1n) is 5.67. The van der Waals surface area contributed by atoms with Gasteiger partial charge in [0.1, 0.15) is 0 Å². The van der Waals surface area contributed by atoms with Gasteiger partial charge in [0.25, 0.3) is 0 Å². The Morgan fingerprint density at radius 3 is 2.47 bits per heavy atom. The molecule has 1 aromatic carbocycles. The Kier molecular flexibility index (Phi) is 3.61. The van der Waals surface area contributed by atoms with Crippen molar-refractivity contribution in [2.75, 3.05) is 6.61 Å². The van der Waals surface area contributed by atoms with E-state index in [0.29, 0.717) is 17.9 Å². The number of carbonyl (C=O) groups excluding carboxylic acids is 1. The van der Waals surface area contributed by atoms with E-state index >= 15 is 0 Å². The molecule has 0 fully saturated rings. The molecule has 0 bridgehead atoms. The summed E-state index contributed by atoms with van der Waals surface area (Å²) in [4.78, 5) is 22.2. The second kappa shape index (κ2) is 5.34. The molecule has 0 amide bonds. The molecule has 19 heavy (non-hydrogen) atoms. The van der Waals surface area contributed by atoms with Gasteiger partial charge in [0.15, 0.2) is 0 Å². The number of esters is 1. The molecule has 0 unspecified atom stereocenters. The van der Waals surface area contributed by atoms with Crippen LogP contribution in [0.1, 0.15) is 27.6 Å². The first-order valence-corrected chi connectivity index (χ1v) is 5.67. The maximum atomic E-state index is 11.5. The third-order valence-electron chi connectivity index (χ3n) is 2.47. The van der Waals surface area contributed by atoms with Crippen LogP contribution in [0.15, 0.2) is 36.7 Å². The highest BCUT2D eigenvalue weighted by molar-refractivity contribution is 5.89. The van der Waals surface area contributed by atoms with Crippen molar-refractivity contribution in [2.24, 2.45) is 0 Å². The molecule has 6 heteroatoms. The Balaban J connectivity index is 2.22. The summed E-state index contributed by atoms with van der Waals surface area (Å²) in [7, 11) is 0. The third-order valence-corrected chi connectivity index (χ3v) is 2.47. The summed E-state index contributed by atoms with van der Waals surface area (Å²) in [6.45, 7) is 2.06. The zero-order chi connectivity index (χ0) is 13.8. The van der Waals surface area contributed by atoms with Gasteiger partial charge in [0, 0.05) is 6.20 Å². The van der Waals surface area contributed by atoms with Crippen molar-refractivity contribution in [2.45, 2.75) is 6.92 Å². The molecule has 1 aromatic heterocycles. The van der Waals surface area contributed by atoms with Crippen molar-refractivity contribution in [3.8, 4) is 5.69 Å². The Morgan fingerprint density at radius 1 is 1.26 bits per heavy atom. The molecular formula is C13H12N2O4. The normalized spacial score (nSPS) is 10.2. The van der Waals surface area contributed by atoms with Crippen molar-refractivity contribution in [3.63, 3.8) is 0 Å². The maximum absolute atomic E-state index is 11.5. The van der Waals surface area contributed by atoms with Crippen LogP contribution in [0.3, 0.4) is 0 Å². The van der Waals surface area contributed by atoms with Crippen LogP contribution in [0.4, 0.5) is 0 Å². The molecule has 0 atom stereocenters. The van der Waals surface area contributed by atoms with Crippen molar-refractivity contribution in [1.29, 1.82) is 0 Å². The highest BCUT2D eigenvalue weighted by Crippen LogP contribution is 2.11. The summed E-state index contributed by atoms with van der Waals surface area (Å²) in [5.74, 6) is -1.42. The third kappa shape index (κ3) is 2.79. The number of carboxylic acid groups (broad SMARTS) is 1. The van der Waals surface area contributed by atoms with Gasteiger partial charge in [-0.2, -0.15) is 5.10 Å². The van der Waals surface area contributed by atoms with E-state index in [1.165, 1.54) is 17.1 Å². The molecule has 0 radical (unpaired) electrons. The molecule has 0 aliphatic heterocycles. The van der Waals surface area contributed by atoms with Crippen LogP contribution in [-0.2, 0) is 4.74 Å². The highest BCUT2D eigenvalue weighted by atomic mass is 16.5. The van der Waals surface area contributed by atoms with Crippen LogP contribution in [0, 0.1) is 0 Å². The van der Waals surface area contributed by atoms with Crippen molar-refractivity contribution < 1.29 is 19.4 Å². The number of carboxylic acids is 1. The number of carbonyl (C=O) groups is 2. The molecule has 0 saturated carbocycles. The summed E-state index contributed by atoms with van der Waals surface area (Å²) < 4.78 is 6.30.